The number of carboxylic acid groups (broad SMARTS) is 1. The van der Waals surface area contributed by atoms with Crippen LogP contribution in [0.4, 0.5) is 10.5 Å². The van der Waals surface area contributed by atoms with E-state index in [1.165, 1.54) is 16.2 Å². The highest BCUT2D eigenvalue weighted by Crippen LogP contribution is 2.28. The Balaban J connectivity index is 1.62. The summed E-state index contributed by atoms with van der Waals surface area (Å²) in [6, 6.07) is 9.46. The maximum absolute atomic E-state index is 12.4. The molecule has 3 rings (SSSR count). The van der Waals surface area contributed by atoms with Gasteiger partial charge in [-0.15, -0.1) is 11.3 Å². The topological polar surface area (TPSA) is 107 Å². The third-order valence-corrected chi connectivity index (χ3v) is 6.61. The lowest BCUT2D eigenvalue weighted by Crippen LogP contribution is -2.35. The number of benzene rings is 1. The van der Waals surface area contributed by atoms with Crippen LogP contribution in [0, 0.1) is 0 Å². The van der Waals surface area contributed by atoms with Crippen molar-refractivity contribution >= 4 is 34.9 Å². The molecule has 1 aromatic heterocycles. The van der Waals surface area contributed by atoms with Gasteiger partial charge in [0.25, 0.3) is 5.91 Å². The van der Waals surface area contributed by atoms with Gasteiger partial charge in [0.2, 0.25) is 0 Å². The lowest BCUT2D eigenvalue weighted by atomic mass is 10.0. The first-order valence-electron chi connectivity index (χ1n) is 10.6. The summed E-state index contributed by atoms with van der Waals surface area (Å²) < 4.78 is 0. The van der Waals surface area contributed by atoms with Crippen molar-refractivity contribution in [3.05, 3.63) is 51.7 Å². The van der Waals surface area contributed by atoms with E-state index in [1.54, 1.807) is 36.4 Å². The molecule has 2 atom stereocenters. The SMILES string of the molecule is CCCCC[C@@H](O)c1ccc(N2C(=O)NC(=O)C2CCCc2ccc(C(=O)O)s2)cc1. The first-order valence-corrected chi connectivity index (χ1v) is 11.5. The Morgan fingerprint density at radius 3 is 2.52 bits per heavy atom. The second kappa shape index (κ2) is 10.5. The number of aromatic carboxylic acids is 1. The highest BCUT2D eigenvalue weighted by molar-refractivity contribution is 7.13. The van der Waals surface area contributed by atoms with Gasteiger partial charge in [-0.1, -0.05) is 38.3 Å². The quantitative estimate of drug-likeness (QED) is 0.349. The van der Waals surface area contributed by atoms with Crippen molar-refractivity contribution in [1.82, 2.24) is 5.32 Å². The number of hydrogen-bond acceptors (Lipinski definition) is 5. The van der Waals surface area contributed by atoms with E-state index in [2.05, 4.69) is 12.2 Å². The Kier molecular flexibility index (Phi) is 7.81. The Hall–Kier alpha value is -2.71. The van der Waals surface area contributed by atoms with Crippen LogP contribution in [-0.2, 0) is 11.2 Å². The van der Waals surface area contributed by atoms with Crippen LogP contribution in [0.1, 0.15) is 71.7 Å². The molecule has 2 heterocycles. The van der Waals surface area contributed by atoms with Crippen LogP contribution in [0.2, 0.25) is 0 Å². The first-order chi connectivity index (χ1) is 14.9. The zero-order valence-corrected chi connectivity index (χ0v) is 18.4. The van der Waals surface area contributed by atoms with Gasteiger partial charge in [-0.25, -0.2) is 9.59 Å². The summed E-state index contributed by atoms with van der Waals surface area (Å²) in [5, 5.41) is 21.7. The second-order valence-electron chi connectivity index (χ2n) is 7.75. The van der Waals surface area contributed by atoms with Gasteiger partial charge in [0.15, 0.2) is 0 Å². The predicted octanol–water partition coefficient (Wildman–Crippen LogP) is 4.51. The molecule has 3 N–H and O–H groups in total. The molecule has 8 heteroatoms. The Bertz CT molecular complexity index is 924. The van der Waals surface area contributed by atoms with Gasteiger partial charge in [-0.2, -0.15) is 0 Å². The molecule has 2 aromatic rings. The molecule has 0 radical (unpaired) electrons. The number of anilines is 1. The van der Waals surface area contributed by atoms with E-state index in [-0.39, 0.29) is 5.91 Å². The standard InChI is InChI=1S/C23H28N2O5S/c1-2-3-4-8-19(26)15-9-11-16(12-10-15)25-18(21(27)24-23(25)30)7-5-6-17-13-14-20(31-17)22(28)29/h9-14,18-19,26H,2-8H2,1H3,(H,28,29)(H,24,27,30)/t18?,19-/m1/s1. The van der Waals surface area contributed by atoms with E-state index in [4.69, 9.17) is 5.11 Å². The second-order valence-corrected chi connectivity index (χ2v) is 8.91. The fraction of sp³-hybridized carbons (Fsp3) is 0.435. The molecule has 0 aliphatic carbocycles. The van der Waals surface area contributed by atoms with Crippen molar-refractivity contribution in [3.8, 4) is 0 Å². The van der Waals surface area contributed by atoms with Gasteiger partial charge >= 0.3 is 12.0 Å². The van der Waals surface area contributed by atoms with Gasteiger partial charge in [0, 0.05) is 10.6 Å². The average Bonchev–Trinajstić information content (AvgIpc) is 3.33. The number of carbonyl (C=O) groups is 3. The van der Waals surface area contributed by atoms with E-state index in [1.807, 2.05) is 0 Å². The fourth-order valence-electron chi connectivity index (χ4n) is 3.77. The molecule has 1 aliphatic rings. The molecule has 0 bridgehead atoms. The van der Waals surface area contributed by atoms with Crippen LogP contribution in [-0.4, -0.2) is 34.2 Å². The van der Waals surface area contributed by atoms with Crippen LogP contribution in [0.15, 0.2) is 36.4 Å². The molecule has 1 aromatic carbocycles. The Morgan fingerprint density at radius 1 is 1.13 bits per heavy atom. The number of amides is 3. The highest BCUT2D eigenvalue weighted by Gasteiger charge is 2.38. The largest absolute Gasteiger partial charge is 0.477 e. The lowest BCUT2D eigenvalue weighted by molar-refractivity contribution is -0.120. The normalized spacial score (nSPS) is 17.1. The number of thiophene rings is 1. The van der Waals surface area contributed by atoms with Crippen molar-refractivity contribution in [2.75, 3.05) is 4.90 Å². The smallest absolute Gasteiger partial charge is 0.345 e. The number of urea groups is 1. The highest BCUT2D eigenvalue weighted by atomic mass is 32.1. The third kappa shape index (κ3) is 5.71. The zero-order valence-electron chi connectivity index (χ0n) is 17.5. The minimum absolute atomic E-state index is 0.294. The van der Waals surface area contributed by atoms with Gasteiger partial charge in [-0.3, -0.25) is 15.0 Å². The molecule has 7 nitrogen and oxygen atoms in total. The van der Waals surface area contributed by atoms with Crippen LogP contribution < -0.4 is 10.2 Å². The van der Waals surface area contributed by atoms with Crippen molar-refractivity contribution in [1.29, 1.82) is 0 Å². The summed E-state index contributed by atoms with van der Waals surface area (Å²) in [5.74, 6) is -1.27. The number of imide groups is 1. The summed E-state index contributed by atoms with van der Waals surface area (Å²) in [6.07, 6.45) is 5.07. The molecule has 3 amide bonds. The van der Waals surface area contributed by atoms with E-state index in [9.17, 15) is 19.5 Å². The van der Waals surface area contributed by atoms with Gasteiger partial charge in [0.05, 0.1) is 6.10 Å². The number of hydrogen-bond donors (Lipinski definition) is 3. The van der Waals surface area contributed by atoms with Gasteiger partial charge < -0.3 is 10.2 Å². The first kappa shape index (κ1) is 23.0. The summed E-state index contributed by atoms with van der Waals surface area (Å²) >= 11 is 1.23. The molecule has 1 aliphatic heterocycles. The summed E-state index contributed by atoms with van der Waals surface area (Å²) in [4.78, 5) is 38.4. The Morgan fingerprint density at radius 2 is 1.87 bits per heavy atom. The molecule has 166 valence electrons. The summed E-state index contributed by atoms with van der Waals surface area (Å²) in [6.45, 7) is 2.12. The van der Waals surface area contributed by atoms with Crippen LogP contribution in [0.25, 0.3) is 0 Å². The number of unbranched alkanes of at least 4 members (excludes halogenated alkanes) is 2. The maximum atomic E-state index is 12.4. The fourth-order valence-corrected chi connectivity index (χ4v) is 4.66. The molecule has 31 heavy (non-hydrogen) atoms. The number of aliphatic hydroxyl groups is 1. The van der Waals surface area contributed by atoms with Gasteiger partial charge in [-0.05, 0) is 55.5 Å². The molecule has 1 unspecified atom stereocenters. The molecule has 1 saturated heterocycles. The summed E-state index contributed by atoms with van der Waals surface area (Å²) in [7, 11) is 0. The molecule has 0 spiro atoms. The van der Waals surface area contributed by atoms with E-state index in [0.717, 1.165) is 29.7 Å². The number of nitrogens with one attached hydrogen (secondary N) is 1. The molecule has 0 saturated carbocycles. The molecular formula is C23H28N2O5S. The average molecular weight is 445 g/mol. The van der Waals surface area contributed by atoms with E-state index in [0.29, 0.717) is 36.2 Å². The van der Waals surface area contributed by atoms with E-state index >= 15 is 0 Å². The maximum Gasteiger partial charge on any atom is 0.345 e. The van der Waals surface area contributed by atoms with Crippen LogP contribution >= 0.6 is 11.3 Å². The number of carboxylic acids is 1. The minimum Gasteiger partial charge on any atom is -0.477 e. The molecule has 1 fully saturated rings. The van der Waals surface area contributed by atoms with Crippen molar-refractivity contribution in [2.45, 2.75) is 64.0 Å². The Labute approximate surface area is 185 Å². The summed E-state index contributed by atoms with van der Waals surface area (Å²) in [5.41, 5.74) is 1.41. The number of rotatable bonds is 11. The van der Waals surface area contributed by atoms with Crippen LogP contribution in [0.5, 0.6) is 0 Å². The lowest BCUT2D eigenvalue weighted by Gasteiger charge is -2.22. The minimum atomic E-state index is -0.942. The van der Waals surface area contributed by atoms with Crippen molar-refractivity contribution < 1.29 is 24.6 Å². The van der Waals surface area contributed by atoms with Crippen molar-refractivity contribution in [3.63, 3.8) is 0 Å². The molecular weight excluding hydrogens is 416 g/mol. The number of aryl methyl sites for hydroxylation is 1. The predicted molar refractivity (Wildman–Crippen MR) is 120 cm³/mol. The monoisotopic (exact) mass is 444 g/mol. The van der Waals surface area contributed by atoms with Crippen LogP contribution in [0.3, 0.4) is 0 Å². The van der Waals surface area contributed by atoms with Crippen molar-refractivity contribution in [2.24, 2.45) is 0 Å². The number of nitrogens with zero attached hydrogens (tertiary/aromatic N) is 1. The van der Waals surface area contributed by atoms with E-state index < -0.39 is 24.1 Å². The zero-order chi connectivity index (χ0) is 22.4. The van der Waals surface area contributed by atoms with Gasteiger partial charge in [0.1, 0.15) is 10.9 Å². The number of carbonyl (C=O) groups excluding carboxylic acids is 2. The third-order valence-electron chi connectivity index (χ3n) is 5.47. The number of aliphatic hydroxyl groups excluding tert-OH is 1.